The number of hydrogen-bond donors (Lipinski definition) is 2. The van der Waals surface area contributed by atoms with Gasteiger partial charge < -0.3 is 10.4 Å². The molecule has 98 valence electrons. The maximum Gasteiger partial charge on any atom is 0.117 e. The largest absolute Gasteiger partial charge is 0.508 e. The van der Waals surface area contributed by atoms with Crippen LogP contribution >= 0.6 is 15.9 Å². The number of phenols is 1. The fourth-order valence-electron chi connectivity index (χ4n) is 2.68. The summed E-state index contributed by atoms with van der Waals surface area (Å²) in [7, 11) is 0. The molecule has 3 heteroatoms. The van der Waals surface area contributed by atoms with Crippen LogP contribution in [-0.4, -0.2) is 11.1 Å². The molecule has 2 N–H and O–H groups in total. The first kappa shape index (κ1) is 12.5. The molecule has 2 aromatic carbocycles. The van der Waals surface area contributed by atoms with Gasteiger partial charge in [0, 0.05) is 22.3 Å². The summed E-state index contributed by atoms with van der Waals surface area (Å²) in [4.78, 5) is 0. The number of phenolic OH excluding ortho intramolecular Hbond substituents is 1. The van der Waals surface area contributed by atoms with Gasteiger partial charge in [0.15, 0.2) is 0 Å². The van der Waals surface area contributed by atoms with Crippen LogP contribution < -0.4 is 5.32 Å². The molecule has 1 aliphatic rings. The van der Waals surface area contributed by atoms with Gasteiger partial charge in [-0.25, -0.2) is 0 Å². The highest BCUT2D eigenvalue weighted by Gasteiger charge is 2.18. The Labute approximate surface area is 121 Å². The second kappa shape index (κ2) is 5.25. The van der Waals surface area contributed by atoms with Crippen molar-refractivity contribution in [3.63, 3.8) is 0 Å². The lowest BCUT2D eigenvalue weighted by molar-refractivity contribution is 0.475. The van der Waals surface area contributed by atoms with Crippen molar-refractivity contribution < 1.29 is 5.11 Å². The third-order valence-corrected chi connectivity index (χ3v) is 4.11. The van der Waals surface area contributed by atoms with Crippen molar-refractivity contribution in [1.82, 2.24) is 0 Å². The number of aromatic hydroxyl groups is 1. The molecule has 1 aliphatic carbocycles. The summed E-state index contributed by atoms with van der Waals surface area (Å²) < 4.78 is 1.16. The third-order valence-electron chi connectivity index (χ3n) is 3.61. The maximum atomic E-state index is 9.49. The van der Waals surface area contributed by atoms with E-state index in [2.05, 4.69) is 39.4 Å². The van der Waals surface area contributed by atoms with E-state index in [9.17, 15) is 5.11 Å². The van der Waals surface area contributed by atoms with Crippen molar-refractivity contribution in [3.05, 3.63) is 58.1 Å². The van der Waals surface area contributed by atoms with Gasteiger partial charge in [-0.15, -0.1) is 0 Å². The molecule has 0 saturated heterocycles. The van der Waals surface area contributed by atoms with Gasteiger partial charge >= 0.3 is 0 Å². The van der Waals surface area contributed by atoms with Crippen LogP contribution in [-0.2, 0) is 12.8 Å². The molecule has 0 aromatic heterocycles. The van der Waals surface area contributed by atoms with Gasteiger partial charge in [-0.1, -0.05) is 28.1 Å². The minimum Gasteiger partial charge on any atom is -0.508 e. The van der Waals surface area contributed by atoms with Crippen molar-refractivity contribution in [2.75, 3.05) is 5.32 Å². The fourth-order valence-corrected chi connectivity index (χ4v) is 3.09. The maximum absolute atomic E-state index is 9.49. The number of anilines is 1. The van der Waals surface area contributed by atoms with Gasteiger partial charge in [0.25, 0.3) is 0 Å². The van der Waals surface area contributed by atoms with Crippen molar-refractivity contribution >= 4 is 21.6 Å². The first-order valence-corrected chi connectivity index (χ1v) is 7.33. The topological polar surface area (TPSA) is 32.3 Å². The molecule has 0 bridgehead atoms. The summed E-state index contributed by atoms with van der Waals surface area (Å²) in [5, 5.41) is 13.0. The molecule has 0 aliphatic heterocycles. The van der Waals surface area contributed by atoms with E-state index < -0.39 is 0 Å². The van der Waals surface area contributed by atoms with E-state index in [1.54, 1.807) is 12.1 Å². The third kappa shape index (κ3) is 2.92. The molecule has 2 aromatic rings. The molecule has 1 unspecified atom stereocenters. The second-order valence-corrected chi connectivity index (χ2v) is 5.96. The van der Waals surface area contributed by atoms with E-state index in [-0.39, 0.29) is 0 Å². The van der Waals surface area contributed by atoms with Gasteiger partial charge in [-0.3, -0.25) is 0 Å². The minimum absolute atomic E-state index is 0.310. The van der Waals surface area contributed by atoms with Gasteiger partial charge in [0.1, 0.15) is 5.75 Å². The lowest BCUT2D eigenvalue weighted by Crippen LogP contribution is -2.27. The molecule has 1 atom stereocenters. The Morgan fingerprint density at radius 2 is 2.00 bits per heavy atom. The first-order chi connectivity index (χ1) is 9.20. The molecule has 0 fully saturated rings. The minimum atomic E-state index is 0.310. The highest BCUT2D eigenvalue weighted by atomic mass is 79.9. The van der Waals surface area contributed by atoms with E-state index in [0.717, 1.165) is 29.4 Å². The van der Waals surface area contributed by atoms with Gasteiger partial charge in [0.2, 0.25) is 0 Å². The summed E-state index contributed by atoms with van der Waals surface area (Å²) in [6, 6.07) is 14.3. The fraction of sp³-hybridized carbons (Fsp3) is 0.250. The predicted octanol–water partition coefficient (Wildman–Crippen LogP) is 4.12. The average molecular weight is 318 g/mol. The Kier molecular flexibility index (Phi) is 3.47. The summed E-state index contributed by atoms with van der Waals surface area (Å²) in [6.07, 6.45) is 3.27. The molecular weight excluding hydrogens is 302 g/mol. The number of halogens is 1. The molecule has 0 spiro atoms. The summed E-state index contributed by atoms with van der Waals surface area (Å²) in [5.41, 5.74) is 3.86. The number of hydrogen-bond acceptors (Lipinski definition) is 2. The van der Waals surface area contributed by atoms with Crippen LogP contribution in [0.5, 0.6) is 5.75 Å². The Morgan fingerprint density at radius 3 is 2.84 bits per heavy atom. The Balaban J connectivity index is 1.74. The van der Waals surface area contributed by atoms with Gasteiger partial charge in [0.05, 0.1) is 0 Å². The molecule has 0 heterocycles. The Hall–Kier alpha value is -1.48. The SMILES string of the molecule is Oc1cccc(NC2CCc3cc(Br)ccc3C2)c1. The molecule has 19 heavy (non-hydrogen) atoms. The van der Waals surface area contributed by atoms with Crippen LogP contribution in [0.25, 0.3) is 0 Å². The standard InChI is InChI=1S/C16H16BrNO/c17-13-6-4-12-9-15(7-5-11(12)8-13)18-14-2-1-3-16(19)10-14/h1-4,6,8,10,15,18-19H,5,7,9H2. The highest BCUT2D eigenvalue weighted by Crippen LogP contribution is 2.27. The summed E-state index contributed by atoms with van der Waals surface area (Å²) in [5.74, 6) is 0.310. The Morgan fingerprint density at radius 1 is 1.11 bits per heavy atom. The van der Waals surface area contributed by atoms with E-state index in [1.165, 1.54) is 11.1 Å². The van der Waals surface area contributed by atoms with Gasteiger partial charge in [-0.2, -0.15) is 0 Å². The van der Waals surface area contributed by atoms with Crippen molar-refractivity contribution in [2.24, 2.45) is 0 Å². The predicted molar refractivity (Wildman–Crippen MR) is 81.7 cm³/mol. The van der Waals surface area contributed by atoms with Gasteiger partial charge in [-0.05, 0) is 54.7 Å². The van der Waals surface area contributed by atoms with E-state index in [1.807, 2.05) is 12.1 Å². The number of rotatable bonds is 2. The van der Waals surface area contributed by atoms with E-state index >= 15 is 0 Å². The monoisotopic (exact) mass is 317 g/mol. The smallest absolute Gasteiger partial charge is 0.117 e. The molecule has 0 amide bonds. The van der Waals surface area contributed by atoms with Crippen LogP contribution in [0.4, 0.5) is 5.69 Å². The first-order valence-electron chi connectivity index (χ1n) is 6.53. The van der Waals surface area contributed by atoms with Crippen LogP contribution in [0.15, 0.2) is 46.9 Å². The second-order valence-electron chi connectivity index (χ2n) is 5.05. The molecule has 2 nitrogen and oxygen atoms in total. The molecule has 3 rings (SSSR count). The zero-order valence-electron chi connectivity index (χ0n) is 10.6. The molecular formula is C16H16BrNO. The number of fused-ring (bicyclic) bond motifs is 1. The lowest BCUT2D eigenvalue weighted by Gasteiger charge is -2.26. The van der Waals surface area contributed by atoms with E-state index in [0.29, 0.717) is 11.8 Å². The van der Waals surface area contributed by atoms with Crippen LogP contribution in [0.3, 0.4) is 0 Å². The highest BCUT2D eigenvalue weighted by molar-refractivity contribution is 9.10. The summed E-state index contributed by atoms with van der Waals surface area (Å²) in [6.45, 7) is 0. The van der Waals surface area contributed by atoms with Crippen LogP contribution in [0, 0.1) is 0 Å². The number of benzene rings is 2. The zero-order valence-corrected chi connectivity index (χ0v) is 12.2. The molecule has 0 saturated carbocycles. The van der Waals surface area contributed by atoms with Crippen molar-refractivity contribution in [2.45, 2.75) is 25.3 Å². The Bertz CT molecular complexity index is 597. The normalized spacial score (nSPS) is 17.8. The molecule has 0 radical (unpaired) electrons. The van der Waals surface area contributed by atoms with Crippen molar-refractivity contribution in [3.8, 4) is 5.75 Å². The van der Waals surface area contributed by atoms with Crippen LogP contribution in [0.2, 0.25) is 0 Å². The van der Waals surface area contributed by atoms with Crippen LogP contribution in [0.1, 0.15) is 17.5 Å². The lowest BCUT2D eigenvalue weighted by atomic mass is 9.88. The van der Waals surface area contributed by atoms with E-state index in [4.69, 9.17) is 0 Å². The number of aryl methyl sites for hydroxylation is 1. The van der Waals surface area contributed by atoms with Crippen molar-refractivity contribution in [1.29, 1.82) is 0 Å². The zero-order chi connectivity index (χ0) is 13.2. The average Bonchev–Trinajstić information content (AvgIpc) is 2.39. The quantitative estimate of drug-likeness (QED) is 0.873. The number of nitrogens with one attached hydrogen (secondary N) is 1. The summed E-state index contributed by atoms with van der Waals surface area (Å²) >= 11 is 3.52.